The van der Waals surface area contributed by atoms with E-state index in [-0.39, 0.29) is 0 Å². The molecule has 0 atom stereocenters. The van der Waals surface area contributed by atoms with Gasteiger partial charge in [-0.2, -0.15) is 4.98 Å². The first-order chi connectivity index (χ1) is 9.28. The lowest BCUT2D eigenvalue weighted by atomic mass is 10.3. The van der Waals surface area contributed by atoms with Gasteiger partial charge in [0.15, 0.2) is 0 Å². The van der Waals surface area contributed by atoms with Crippen LogP contribution in [0.4, 0.5) is 11.8 Å². The van der Waals surface area contributed by atoms with E-state index in [4.69, 9.17) is 4.98 Å². The number of anilines is 2. The van der Waals surface area contributed by atoms with Crippen LogP contribution in [0.15, 0.2) is 11.4 Å². The molecule has 0 unspecified atom stereocenters. The second-order valence-corrected chi connectivity index (χ2v) is 6.16. The predicted octanol–water partition coefficient (Wildman–Crippen LogP) is 3.36. The molecule has 4 nitrogen and oxygen atoms in total. The second kappa shape index (κ2) is 5.33. The van der Waals surface area contributed by atoms with E-state index in [9.17, 15) is 0 Å². The molecule has 0 aliphatic heterocycles. The van der Waals surface area contributed by atoms with Crippen molar-refractivity contribution in [2.75, 3.05) is 30.4 Å². The summed E-state index contributed by atoms with van der Waals surface area (Å²) in [6.45, 7) is 4.18. The van der Waals surface area contributed by atoms with E-state index in [1.165, 1.54) is 18.2 Å². The zero-order chi connectivity index (χ0) is 13.2. The van der Waals surface area contributed by atoms with E-state index in [0.717, 1.165) is 42.0 Å². The molecule has 0 aromatic carbocycles. The molecule has 5 heteroatoms. The molecule has 0 bridgehead atoms. The topological polar surface area (TPSA) is 41.1 Å². The molecule has 0 radical (unpaired) electrons. The first-order valence-electron chi connectivity index (χ1n) is 6.98. The summed E-state index contributed by atoms with van der Waals surface area (Å²) in [4.78, 5) is 12.6. The Bertz CT molecular complexity index is 562. The van der Waals surface area contributed by atoms with E-state index in [1.54, 1.807) is 11.3 Å². The molecule has 0 saturated heterocycles. The Balaban J connectivity index is 1.91. The number of nitrogens with zero attached hydrogens (tertiary/aromatic N) is 3. The highest BCUT2D eigenvalue weighted by atomic mass is 32.1. The van der Waals surface area contributed by atoms with Crippen LogP contribution in [-0.4, -0.2) is 30.1 Å². The molecule has 1 N–H and O–H groups in total. The Kier molecular flexibility index (Phi) is 3.55. The molecule has 102 valence electrons. The van der Waals surface area contributed by atoms with Gasteiger partial charge in [-0.25, -0.2) is 4.98 Å². The molecule has 1 aliphatic carbocycles. The number of hydrogen-bond acceptors (Lipinski definition) is 5. The minimum atomic E-state index is 0.759. The minimum Gasteiger partial charge on any atom is -0.359 e. The van der Waals surface area contributed by atoms with Crippen LogP contribution >= 0.6 is 11.3 Å². The first-order valence-corrected chi connectivity index (χ1v) is 7.86. The maximum absolute atomic E-state index is 4.70. The number of fused-ring (bicyclic) bond motifs is 1. The van der Waals surface area contributed by atoms with Gasteiger partial charge in [0, 0.05) is 20.1 Å². The normalized spacial score (nSPS) is 14.8. The Morgan fingerprint density at radius 2 is 2.26 bits per heavy atom. The van der Waals surface area contributed by atoms with Crippen LogP contribution < -0.4 is 10.2 Å². The molecule has 2 heterocycles. The lowest BCUT2D eigenvalue weighted by Gasteiger charge is -2.19. The van der Waals surface area contributed by atoms with Gasteiger partial charge in [-0.15, -0.1) is 11.3 Å². The fraction of sp³-hybridized carbons (Fsp3) is 0.571. The predicted molar refractivity (Wildman–Crippen MR) is 82.2 cm³/mol. The van der Waals surface area contributed by atoms with Gasteiger partial charge in [0.05, 0.1) is 5.39 Å². The highest BCUT2D eigenvalue weighted by molar-refractivity contribution is 7.16. The van der Waals surface area contributed by atoms with Crippen molar-refractivity contribution in [3.8, 4) is 0 Å². The fourth-order valence-corrected chi connectivity index (χ4v) is 2.98. The van der Waals surface area contributed by atoms with E-state index in [1.807, 2.05) is 0 Å². The van der Waals surface area contributed by atoms with Gasteiger partial charge in [-0.1, -0.05) is 6.92 Å². The standard InChI is InChI=1S/C14H20N4S/c1-3-7-15-14-16-12(18(2)9-10-4-5-10)11-6-8-19-13(11)17-14/h6,8,10H,3-5,7,9H2,1-2H3,(H,15,16,17). The molecule has 0 amide bonds. The maximum Gasteiger partial charge on any atom is 0.226 e. The van der Waals surface area contributed by atoms with Crippen molar-refractivity contribution in [1.29, 1.82) is 0 Å². The summed E-state index contributed by atoms with van der Waals surface area (Å²) in [7, 11) is 2.14. The average Bonchev–Trinajstić information content (AvgIpc) is 3.09. The molecule has 2 aromatic heterocycles. The van der Waals surface area contributed by atoms with Crippen LogP contribution in [0.5, 0.6) is 0 Å². The van der Waals surface area contributed by atoms with E-state index < -0.39 is 0 Å². The van der Waals surface area contributed by atoms with Gasteiger partial charge in [-0.05, 0) is 36.6 Å². The zero-order valence-electron chi connectivity index (χ0n) is 11.5. The van der Waals surface area contributed by atoms with Crippen LogP contribution in [0.2, 0.25) is 0 Å². The molecule has 2 aromatic rings. The van der Waals surface area contributed by atoms with Crippen molar-refractivity contribution < 1.29 is 0 Å². The van der Waals surface area contributed by atoms with Crippen LogP contribution in [0.25, 0.3) is 10.2 Å². The molecule has 0 spiro atoms. The van der Waals surface area contributed by atoms with E-state index in [0.29, 0.717) is 0 Å². The van der Waals surface area contributed by atoms with Crippen LogP contribution in [0.3, 0.4) is 0 Å². The summed E-state index contributed by atoms with van der Waals surface area (Å²) in [6.07, 6.45) is 3.81. The number of rotatable bonds is 6. The SMILES string of the molecule is CCCNc1nc(N(C)CC2CC2)c2ccsc2n1. The monoisotopic (exact) mass is 276 g/mol. The fourth-order valence-electron chi connectivity index (χ4n) is 2.22. The number of aromatic nitrogens is 2. The zero-order valence-corrected chi connectivity index (χ0v) is 12.3. The van der Waals surface area contributed by atoms with Gasteiger partial charge >= 0.3 is 0 Å². The lowest BCUT2D eigenvalue weighted by Crippen LogP contribution is -2.22. The van der Waals surface area contributed by atoms with Crippen molar-refractivity contribution in [3.05, 3.63) is 11.4 Å². The highest BCUT2D eigenvalue weighted by Gasteiger charge is 2.24. The largest absolute Gasteiger partial charge is 0.359 e. The molecule has 19 heavy (non-hydrogen) atoms. The summed E-state index contributed by atoms with van der Waals surface area (Å²) < 4.78 is 0. The van der Waals surface area contributed by atoms with Gasteiger partial charge in [0.25, 0.3) is 0 Å². The number of thiophene rings is 1. The third-order valence-corrected chi connectivity index (χ3v) is 4.24. The lowest BCUT2D eigenvalue weighted by molar-refractivity contribution is 0.779. The van der Waals surface area contributed by atoms with Crippen molar-refractivity contribution >= 4 is 33.3 Å². The molecule has 1 saturated carbocycles. The van der Waals surface area contributed by atoms with Crippen LogP contribution in [0, 0.1) is 5.92 Å². The molecule has 3 rings (SSSR count). The summed E-state index contributed by atoms with van der Waals surface area (Å²) in [5.41, 5.74) is 0. The minimum absolute atomic E-state index is 0.759. The molecule has 1 fully saturated rings. The van der Waals surface area contributed by atoms with Gasteiger partial charge in [0.2, 0.25) is 5.95 Å². The third-order valence-electron chi connectivity index (χ3n) is 3.43. The van der Waals surface area contributed by atoms with E-state index in [2.05, 4.69) is 40.6 Å². The first kappa shape index (κ1) is 12.7. The maximum atomic E-state index is 4.70. The van der Waals surface area contributed by atoms with Crippen LogP contribution in [-0.2, 0) is 0 Å². The summed E-state index contributed by atoms with van der Waals surface area (Å²) in [5.74, 6) is 2.69. The molecular formula is C14H20N4S. The van der Waals surface area contributed by atoms with Crippen molar-refractivity contribution in [1.82, 2.24) is 9.97 Å². The van der Waals surface area contributed by atoms with Crippen molar-refractivity contribution in [2.45, 2.75) is 26.2 Å². The Labute approximate surface area is 117 Å². The highest BCUT2D eigenvalue weighted by Crippen LogP contribution is 2.33. The van der Waals surface area contributed by atoms with Gasteiger partial charge < -0.3 is 10.2 Å². The molecular weight excluding hydrogens is 256 g/mol. The summed E-state index contributed by atoms with van der Waals surface area (Å²) in [6, 6.07) is 2.13. The van der Waals surface area contributed by atoms with E-state index >= 15 is 0 Å². The average molecular weight is 276 g/mol. The Morgan fingerprint density at radius 1 is 1.42 bits per heavy atom. The summed E-state index contributed by atoms with van der Waals surface area (Å²) >= 11 is 1.68. The summed E-state index contributed by atoms with van der Waals surface area (Å²) in [5, 5.41) is 6.57. The Morgan fingerprint density at radius 3 is 3.00 bits per heavy atom. The third kappa shape index (κ3) is 2.81. The van der Waals surface area contributed by atoms with Crippen LogP contribution in [0.1, 0.15) is 26.2 Å². The quantitative estimate of drug-likeness (QED) is 0.878. The number of hydrogen-bond donors (Lipinski definition) is 1. The van der Waals surface area contributed by atoms with Crippen molar-refractivity contribution in [3.63, 3.8) is 0 Å². The number of nitrogens with one attached hydrogen (secondary N) is 1. The van der Waals surface area contributed by atoms with Gasteiger partial charge in [-0.3, -0.25) is 0 Å². The van der Waals surface area contributed by atoms with Crippen molar-refractivity contribution in [2.24, 2.45) is 5.92 Å². The molecule has 1 aliphatic rings. The smallest absolute Gasteiger partial charge is 0.226 e. The Hall–Kier alpha value is -1.36. The second-order valence-electron chi connectivity index (χ2n) is 5.26. The van der Waals surface area contributed by atoms with Gasteiger partial charge in [0.1, 0.15) is 10.6 Å².